The summed E-state index contributed by atoms with van der Waals surface area (Å²) >= 11 is 0. The van der Waals surface area contributed by atoms with Gasteiger partial charge in [0, 0.05) is 25.7 Å². The summed E-state index contributed by atoms with van der Waals surface area (Å²) in [4.78, 5) is 13.1. The molecule has 1 aromatic carbocycles. The Morgan fingerprint density at radius 2 is 1.95 bits per heavy atom. The zero-order chi connectivity index (χ0) is 15.2. The van der Waals surface area contributed by atoms with Gasteiger partial charge in [0.15, 0.2) is 0 Å². The van der Waals surface area contributed by atoms with Gasteiger partial charge in [0.05, 0.1) is 17.4 Å². The molecule has 0 aliphatic rings. The Morgan fingerprint density at radius 1 is 1.35 bits per heavy atom. The second kappa shape index (κ2) is 7.03. The topological polar surface area (TPSA) is 90.3 Å². The number of carbonyl (C=O) groups excluding carboxylic acids is 1. The lowest BCUT2D eigenvalue weighted by molar-refractivity contribution is -0.116. The van der Waals surface area contributed by atoms with E-state index in [-0.39, 0.29) is 24.7 Å². The highest BCUT2D eigenvalue weighted by molar-refractivity contribution is 7.89. The highest BCUT2D eigenvalue weighted by Gasteiger charge is 2.13. The Bertz CT molecular complexity index is 603. The first kappa shape index (κ1) is 16.1. The minimum absolute atomic E-state index is 0.00391. The van der Waals surface area contributed by atoms with Crippen molar-refractivity contribution in [3.8, 4) is 6.07 Å². The summed E-state index contributed by atoms with van der Waals surface area (Å²) in [5, 5.41) is 8.73. The van der Waals surface area contributed by atoms with Crippen LogP contribution in [0.15, 0.2) is 24.3 Å². The normalized spacial score (nSPS) is 10.8. The molecule has 0 bridgehead atoms. The van der Waals surface area contributed by atoms with Crippen molar-refractivity contribution in [2.24, 2.45) is 0 Å². The van der Waals surface area contributed by atoms with Crippen LogP contribution in [0.3, 0.4) is 0 Å². The van der Waals surface area contributed by atoms with Gasteiger partial charge in [-0.05, 0) is 31.2 Å². The van der Waals surface area contributed by atoms with Gasteiger partial charge >= 0.3 is 0 Å². The molecule has 0 aliphatic heterocycles. The molecule has 0 saturated heterocycles. The zero-order valence-electron chi connectivity index (χ0n) is 11.5. The number of rotatable bonds is 6. The smallest absolute Gasteiger partial charge is 0.223 e. The molecule has 108 valence electrons. The molecule has 0 spiro atoms. The Kier molecular flexibility index (Phi) is 5.67. The lowest BCUT2D eigenvalue weighted by Crippen LogP contribution is -2.38. The lowest BCUT2D eigenvalue weighted by atomic mass is 10.2. The van der Waals surface area contributed by atoms with Crippen molar-refractivity contribution >= 4 is 21.6 Å². The second-order valence-corrected chi connectivity index (χ2v) is 6.22. The van der Waals surface area contributed by atoms with Crippen LogP contribution in [0.5, 0.6) is 0 Å². The predicted octanol–water partition coefficient (Wildman–Crippen LogP) is 0.850. The van der Waals surface area contributed by atoms with Gasteiger partial charge in [-0.15, -0.1) is 0 Å². The third-order valence-corrected chi connectivity index (χ3v) is 4.13. The number of amides is 1. The van der Waals surface area contributed by atoms with E-state index in [4.69, 9.17) is 5.26 Å². The summed E-state index contributed by atoms with van der Waals surface area (Å²) in [6.45, 7) is 3.34. The summed E-state index contributed by atoms with van der Waals surface area (Å²) < 4.78 is 25.1. The number of hydrogen-bond acceptors (Lipinski definition) is 4. The molecule has 20 heavy (non-hydrogen) atoms. The average molecular weight is 295 g/mol. The molecule has 0 unspecified atom stereocenters. The van der Waals surface area contributed by atoms with E-state index in [1.54, 1.807) is 31.2 Å². The minimum Gasteiger partial charge on any atom is -0.311 e. The van der Waals surface area contributed by atoms with E-state index >= 15 is 0 Å². The number of carbonyl (C=O) groups is 1. The van der Waals surface area contributed by atoms with E-state index < -0.39 is 10.0 Å². The summed E-state index contributed by atoms with van der Waals surface area (Å²) in [6, 6.07) is 8.55. The van der Waals surface area contributed by atoms with Gasteiger partial charge in [0.2, 0.25) is 15.9 Å². The van der Waals surface area contributed by atoms with Crippen LogP contribution in [0.4, 0.5) is 5.69 Å². The van der Waals surface area contributed by atoms with Crippen LogP contribution in [-0.4, -0.2) is 33.2 Å². The van der Waals surface area contributed by atoms with E-state index in [2.05, 4.69) is 4.72 Å². The number of nitrogens with zero attached hydrogens (tertiary/aromatic N) is 2. The third-order valence-electron chi connectivity index (χ3n) is 2.73. The molecule has 1 aromatic rings. The first-order valence-corrected chi connectivity index (χ1v) is 7.80. The number of sulfonamides is 1. The lowest BCUT2D eigenvalue weighted by Gasteiger charge is -2.21. The number of hydrogen-bond donors (Lipinski definition) is 1. The van der Waals surface area contributed by atoms with Crippen LogP contribution in [0.1, 0.15) is 19.4 Å². The maximum atomic E-state index is 11.6. The zero-order valence-corrected chi connectivity index (χ0v) is 12.3. The van der Waals surface area contributed by atoms with E-state index in [1.807, 2.05) is 6.07 Å². The molecule has 0 saturated carbocycles. The van der Waals surface area contributed by atoms with Crippen molar-refractivity contribution < 1.29 is 13.2 Å². The van der Waals surface area contributed by atoms with Crippen LogP contribution in [0, 0.1) is 11.3 Å². The second-order valence-electron chi connectivity index (χ2n) is 4.13. The van der Waals surface area contributed by atoms with Crippen molar-refractivity contribution in [3.63, 3.8) is 0 Å². The van der Waals surface area contributed by atoms with Crippen LogP contribution in [-0.2, 0) is 14.8 Å². The van der Waals surface area contributed by atoms with E-state index in [1.165, 1.54) is 11.8 Å². The predicted molar refractivity (Wildman–Crippen MR) is 76.6 cm³/mol. The van der Waals surface area contributed by atoms with Crippen molar-refractivity contribution in [2.45, 2.75) is 13.8 Å². The molecule has 7 heteroatoms. The minimum atomic E-state index is -3.26. The number of nitrogens with one attached hydrogen (secondary N) is 1. The summed E-state index contributed by atoms with van der Waals surface area (Å²) in [5.74, 6) is -0.186. The van der Waals surface area contributed by atoms with Gasteiger partial charge in [-0.25, -0.2) is 13.1 Å². The molecule has 0 aromatic heterocycles. The van der Waals surface area contributed by atoms with E-state index in [0.29, 0.717) is 11.3 Å². The Labute approximate surface area is 119 Å². The molecule has 0 heterocycles. The number of anilines is 1. The van der Waals surface area contributed by atoms with Crippen molar-refractivity contribution in [1.29, 1.82) is 5.26 Å². The number of nitriles is 1. The molecule has 6 nitrogen and oxygen atoms in total. The quantitative estimate of drug-likeness (QED) is 0.842. The van der Waals surface area contributed by atoms with Gasteiger partial charge in [-0.3, -0.25) is 4.79 Å². The van der Waals surface area contributed by atoms with Crippen molar-refractivity contribution in [3.05, 3.63) is 29.8 Å². The monoisotopic (exact) mass is 295 g/mol. The van der Waals surface area contributed by atoms with E-state index in [9.17, 15) is 13.2 Å². The van der Waals surface area contributed by atoms with Crippen molar-refractivity contribution in [2.75, 3.05) is 23.7 Å². The largest absolute Gasteiger partial charge is 0.311 e. The Morgan fingerprint density at radius 3 is 2.40 bits per heavy atom. The Balaban J connectivity index is 2.75. The molecule has 1 amide bonds. The number of benzene rings is 1. The molecule has 0 radical (unpaired) electrons. The average Bonchev–Trinajstić information content (AvgIpc) is 2.43. The van der Waals surface area contributed by atoms with Crippen LogP contribution in [0.25, 0.3) is 0 Å². The summed E-state index contributed by atoms with van der Waals surface area (Å²) in [6.07, 6.45) is 0. The molecule has 1 rings (SSSR count). The fourth-order valence-corrected chi connectivity index (χ4v) is 2.21. The fourth-order valence-electron chi connectivity index (χ4n) is 1.60. The molecule has 1 N–H and O–H groups in total. The SMILES string of the molecule is CCS(=O)(=O)NCCN(C(C)=O)c1ccc(C#N)cc1. The first-order valence-electron chi connectivity index (χ1n) is 6.15. The van der Waals surface area contributed by atoms with Crippen LogP contribution in [0.2, 0.25) is 0 Å². The van der Waals surface area contributed by atoms with Gasteiger partial charge in [0.1, 0.15) is 0 Å². The van der Waals surface area contributed by atoms with Gasteiger partial charge in [-0.1, -0.05) is 0 Å². The van der Waals surface area contributed by atoms with Gasteiger partial charge in [0.25, 0.3) is 0 Å². The highest BCUT2D eigenvalue weighted by atomic mass is 32.2. The first-order chi connectivity index (χ1) is 9.39. The third kappa shape index (κ3) is 4.64. The van der Waals surface area contributed by atoms with Crippen molar-refractivity contribution in [1.82, 2.24) is 4.72 Å². The van der Waals surface area contributed by atoms with E-state index in [0.717, 1.165) is 0 Å². The van der Waals surface area contributed by atoms with Gasteiger partial charge < -0.3 is 4.90 Å². The molecule has 0 aliphatic carbocycles. The molecule has 0 atom stereocenters. The molecule has 0 fully saturated rings. The standard InChI is InChI=1S/C13H17N3O3S/c1-3-20(18,19)15-8-9-16(11(2)17)13-6-4-12(10-14)5-7-13/h4-7,15H,3,8-9H2,1-2H3. The van der Waals surface area contributed by atoms with Crippen LogP contribution >= 0.6 is 0 Å². The summed E-state index contributed by atoms with van der Waals surface area (Å²) in [7, 11) is -3.26. The molecular formula is C13H17N3O3S. The fraction of sp³-hybridized carbons (Fsp3) is 0.385. The molecular weight excluding hydrogens is 278 g/mol. The summed E-state index contributed by atoms with van der Waals surface area (Å²) in [5.41, 5.74) is 1.14. The van der Waals surface area contributed by atoms with Crippen LogP contribution < -0.4 is 9.62 Å². The van der Waals surface area contributed by atoms with Gasteiger partial charge in [-0.2, -0.15) is 5.26 Å². The maximum absolute atomic E-state index is 11.6. The highest BCUT2D eigenvalue weighted by Crippen LogP contribution is 2.14. The maximum Gasteiger partial charge on any atom is 0.223 e. The Hall–Kier alpha value is -1.91.